The van der Waals surface area contributed by atoms with Gasteiger partial charge in [-0.25, -0.2) is 19.9 Å². The van der Waals surface area contributed by atoms with Gasteiger partial charge in [0, 0.05) is 27.0 Å². The topological polar surface area (TPSA) is 51.0 Å². The van der Waals surface area contributed by atoms with Crippen molar-refractivity contribution in [3.05, 3.63) is 192 Å². The highest BCUT2D eigenvalue weighted by atomic mass is 32.1. The van der Waals surface area contributed by atoms with Crippen LogP contribution in [0.25, 0.3) is 61.1 Å². The number of fused-ring (bicyclic) bond motifs is 1. The van der Waals surface area contributed by atoms with Gasteiger partial charge in [0.05, 0.1) is 16.3 Å². The standard InChI is InChI=1S/C45H32N4S/c1-30-39-29-38(27-28-40(39)50-42(30)41(35-19-11-5-12-20-35)46-31(2)32-15-7-3-8-16-32)45-48-43(36-21-13-6-14-22-36)47-44(49-45)37-25-23-34(24-26-37)33-17-9-4-10-18-33/h3-29H,2H2,1H3. The second-order valence-corrected chi connectivity index (χ2v) is 13.1. The summed E-state index contributed by atoms with van der Waals surface area (Å²) in [4.78, 5) is 21.3. The molecule has 50 heavy (non-hydrogen) atoms. The molecule has 8 aromatic rings. The molecule has 238 valence electrons. The molecular formula is C45H32N4S. The molecule has 0 atom stereocenters. The summed E-state index contributed by atoms with van der Waals surface area (Å²) in [6.45, 7) is 6.51. The van der Waals surface area contributed by atoms with Crippen molar-refractivity contribution in [3.63, 3.8) is 0 Å². The van der Waals surface area contributed by atoms with Crippen LogP contribution in [0.15, 0.2) is 175 Å². The summed E-state index contributed by atoms with van der Waals surface area (Å²) in [6.07, 6.45) is 0. The first-order valence-electron chi connectivity index (χ1n) is 16.5. The first-order valence-corrected chi connectivity index (χ1v) is 17.3. The molecular weight excluding hydrogens is 629 g/mol. The van der Waals surface area contributed by atoms with Crippen molar-refractivity contribution in [2.45, 2.75) is 6.92 Å². The lowest BCUT2D eigenvalue weighted by molar-refractivity contribution is 1.07. The molecule has 0 saturated carbocycles. The third-order valence-electron chi connectivity index (χ3n) is 8.73. The van der Waals surface area contributed by atoms with Gasteiger partial charge in [0.15, 0.2) is 17.5 Å². The minimum atomic E-state index is 0.629. The van der Waals surface area contributed by atoms with E-state index in [4.69, 9.17) is 19.9 Å². The predicted octanol–water partition coefficient (Wildman–Crippen LogP) is 11.6. The number of aryl methyl sites for hydroxylation is 1. The van der Waals surface area contributed by atoms with Crippen molar-refractivity contribution in [1.82, 2.24) is 15.0 Å². The Hall–Kier alpha value is -6.30. The molecule has 5 heteroatoms. The first-order chi connectivity index (χ1) is 24.6. The number of aromatic nitrogens is 3. The van der Waals surface area contributed by atoms with Gasteiger partial charge in [-0.2, -0.15) is 0 Å². The summed E-state index contributed by atoms with van der Waals surface area (Å²) in [5.74, 6) is 1.90. The predicted molar refractivity (Wildman–Crippen MR) is 209 cm³/mol. The Bertz CT molecular complexity index is 2470. The van der Waals surface area contributed by atoms with Crippen LogP contribution in [0.2, 0.25) is 0 Å². The van der Waals surface area contributed by atoms with Crippen molar-refractivity contribution in [3.8, 4) is 45.3 Å². The van der Waals surface area contributed by atoms with Crippen molar-refractivity contribution >= 4 is 32.8 Å². The van der Waals surface area contributed by atoms with Crippen LogP contribution in [0, 0.1) is 6.92 Å². The van der Waals surface area contributed by atoms with Gasteiger partial charge in [0.1, 0.15) is 0 Å². The van der Waals surface area contributed by atoms with E-state index in [-0.39, 0.29) is 0 Å². The maximum atomic E-state index is 5.14. The Balaban J connectivity index is 1.23. The van der Waals surface area contributed by atoms with Gasteiger partial charge in [0.25, 0.3) is 0 Å². The molecule has 0 bridgehead atoms. The third kappa shape index (κ3) is 6.30. The van der Waals surface area contributed by atoms with Crippen molar-refractivity contribution in [2.75, 3.05) is 0 Å². The number of thiophene rings is 1. The number of nitrogens with zero attached hydrogens (tertiary/aromatic N) is 4. The number of aliphatic imine (C=N–C) groups is 1. The van der Waals surface area contributed by atoms with Crippen LogP contribution in [-0.2, 0) is 0 Å². The highest BCUT2D eigenvalue weighted by Crippen LogP contribution is 2.36. The highest BCUT2D eigenvalue weighted by molar-refractivity contribution is 7.21. The highest BCUT2D eigenvalue weighted by Gasteiger charge is 2.19. The zero-order valence-corrected chi connectivity index (χ0v) is 28.3. The summed E-state index contributed by atoms with van der Waals surface area (Å²) in [7, 11) is 0. The van der Waals surface area contributed by atoms with Crippen LogP contribution in [0.5, 0.6) is 0 Å². The van der Waals surface area contributed by atoms with E-state index in [1.165, 1.54) is 10.3 Å². The zero-order valence-electron chi connectivity index (χ0n) is 27.5. The average Bonchev–Trinajstić information content (AvgIpc) is 3.52. The second kappa shape index (κ2) is 13.7. The fraction of sp³-hybridized carbons (Fsp3) is 0.0222. The number of hydrogen-bond acceptors (Lipinski definition) is 5. The molecule has 0 amide bonds. The Morgan fingerprint density at radius 1 is 0.500 bits per heavy atom. The van der Waals surface area contributed by atoms with Crippen LogP contribution in [-0.4, -0.2) is 20.7 Å². The maximum absolute atomic E-state index is 5.14. The fourth-order valence-corrected chi connectivity index (χ4v) is 7.25. The average molecular weight is 661 g/mol. The van der Waals surface area contributed by atoms with Gasteiger partial charge >= 0.3 is 0 Å². The quantitative estimate of drug-likeness (QED) is 0.152. The lowest BCUT2D eigenvalue weighted by atomic mass is 10.0. The molecule has 0 radical (unpaired) electrons. The zero-order chi connectivity index (χ0) is 33.9. The molecule has 0 aliphatic rings. The van der Waals surface area contributed by atoms with Gasteiger partial charge in [-0.1, -0.05) is 152 Å². The van der Waals surface area contributed by atoms with Crippen LogP contribution < -0.4 is 0 Å². The van der Waals surface area contributed by atoms with Crippen molar-refractivity contribution < 1.29 is 0 Å². The largest absolute Gasteiger partial charge is 0.247 e. The number of hydrogen-bond donors (Lipinski definition) is 0. The molecule has 0 N–H and O–H groups in total. The van der Waals surface area contributed by atoms with E-state index in [0.29, 0.717) is 17.5 Å². The summed E-state index contributed by atoms with van der Waals surface area (Å²) in [6, 6.07) is 55.8. The molecule has 0 aliphatic heterocycles. The summed E-state index contributed by atoms with van der Waals surface area (Å²) < 4.78 is 1.17. The Morgan fingerprint density at radius 2 is 0.940 bits per heavy atom. The van der Waals surface area contributed by atoms with E-state index in [9.17, 15) is 0 Å². The molecule has 0 spiro atoms. The summed E-state index contributed by atoms with van der Waals surface area (Å²) in [5.41, 5.74) is 9.96. The Labute approximate surface area is 295 Å². The Morgan fingerprint density at radius 3 is 1.54 bits per heavy atom. The van der Waals surface area contributed by atoms with Crippen LogP contribution >= 0.6 is 11.3 Å². The molecule has 0 aliphatic carbocycles. The lowest BCUT2D eigenvalue weighted by Crippen LogP contribution is -2.03. The minimum Gasteiger partial charge on any atom is -0.247 e. The van der Waals surface area contributed by atoms with E-state index < -0.39 is 0 Å². The van der Waals surface area contributed by atoms with E-state index in [1.807, 2.05) is 72.8 Å². The van der Waals surface area contributed by atoms with E-state index >= 15 is 0 Å². The smallest absolute Gasteiger partial charge is 0.164 e. The van der Waals surface area contributed by atoms with Gasteiger partial charge in [0.2, 0.25) is 0 Å². The van der Waals surface area contributed by atoms with Gasteiger partial charge in [-0.15, -0.1) is 11.3 Å². The molecule has 2 aromatic heterocycles. The molecule has 0 fully saturated rings. The molecule has 2 heterocycles. The van der Waals surface area contributed by atoms with Crippen molar-refractivity contribution in [1.29, 1.82) is 0 Å². The van der Waals surface area contributed by atoms with Gasteiger partial charge < -0.3 is 0 Å². The van der Waals surface area contributed by atoms with Crippen molar-refractivity contribution in [2.24, 2.45) is 4.99 Å². The number of benzene rings is 6. The molecule has 0 saturated heterocycles. The lowest BCUT2D eigenvalue weighted by Gasteiger charge is -2.10. The molecule has 8 rings (SSSR count). The van der Waals surface area contributed by atoms with Gasteiger partial charge in [-0.3, -0.25) is 0 Å². The van der Waals surface area contributed by atoms with E-state index in [2.05, 4.69) is 104 Å². The SMILES string of the molecule is C=C(N=C(c1ccccc1)c1sc2ccc(-c3nc(-c4ccccc4)nc(-c4ccc(-c5ccccc5)cc4)n3)cc2c1C)c1ccccc1. The number of rotatable bonds is 8. The molecule has 0 unspecified atom stereocenters. The second-order valence-electron chi connectivity index (χ2n) is 12.0. The maximum Gasteiger partial charge on any atom is 0.164 e. The van der Waals surface area contributed by atoms with Crippen LogP contribution in [0.3, 0.4) is 0 Å². The van der Waals surface area contributed by atoms with E-state index in [0.717, 1.165) is 60.6 Å². The summed E-state index contributed by atoms with van der Waals surface area (Å²) >= 11 is 1.74. The minimum absolute atomic E-state index is 0.629. The molecule has 4 nitrogen and oxygen atoms in total. The normalized spacial score (nSPS) is 11.5. The van der Waals surface area contributed by atoms with Crippen LogP contribution in [0.4, 0.5) is 0 Å². The third-order valence-corrected chi connectivity index (χ3v) is 10.0. The molecule has 6 aromatic carbocycles. The monoisotopic (exact) mass is 660 g/mol. The fourth-order valence-electron chi connectivity index (χ4n) is 6.05. The van der Waals surface area contributed by atoms with E-state index in [1.54, 1.807) is 11.3 Å². The first kappa shape index (κ1) is 31.0. The van der Waals surface area contributed by atoms with Gasteiger partial charge in [-0.05, 0) is 52.8 Å². The summed E-state index contributed by atoms with van der Waals surface area (Å²) in [5, 5.41) is 1.15. The van der Waals surface area contributed by atoms with Crippen LogP contribution in [0.1, 0.15) is 21.6 Å². The Kier molecular flexibility index (Phi) is 8.47.